The number of hydrogen-bond donors (Lipinski definition) is 0. The molecule has 0 radical (unpaired) electrons. The number of allylic oxidation sites excluding steroid dienone is 1. The minimum atomic E-state index is -3.02. The van der Waals surface area contributed by atoms with Gasteiger partial charge in [-0.15, -0.1) is 0 Å². The van der Waals surface area contributed by atoms with E-state index in [2.05, 4.69) is 20.6 Å². The topological polar surface area (TPSA) is 26.3 Å². The summed E-state index contributed by atoms with van der Waals surface area (Å²) in [5, 5.41) is 1.81. The standard InChI is InChI=1S/C19H12BBrF2O2/c21-17-9-8-14-10-16(7-6-15(14)11-17)19(25-20(22)23)12-18(24)13-4-2-1-3-5-13/h1-12H/b19-12-. The Balaban J connectivity index is 2.02. The van der Waals surface area contributed by atoms with Crippen LogP contribution in [-0.2, 0) is 4.65 Å². The van der Waals surface area contributed by atoms with Gasteiger partial charge in [-0.25, -0.2) is 8.63 Å². The number of benzene rings is 3. The normalized spacial score (nSPS) is 11.4. The number of hydrogen-bond acceptors (Lipinski definition) is 2. The van der Waals surface area contributed by atoms with Crippen molar-refractivity contribution in [2.45, 2.75) is 0 Å². The molecule has 0 unspecified atom stereocenters. The molecule has 0 bridgehead atoms. The summed E-state index contributed by atoms with van der Waals surface area (Å²) in [7, 11) is -3.02. The van der Waals surface area contributed by atoms with Crippen LogP contribution in [0.25, 0.3) is 16.5 Å². The van der Waals surface area contributed by atoms with Gasteiger partial charge in [0.15, 0.2) is 5.78 Å². The number of carbonyl (C=O) groups excluding carboxylic acids is 1. The van der Waals surface area contributed by atoms with E-state index in [4.69, 9.17) is 0 Å². The summed E-state index contributed by atoms with van der Waals surface area (Å²) >= 11 is 3.39. The minimum Gasteiger partial charge on any atom is -0.505 e. The molecule has 25 heavy (non-hydrogen) atoms. The number of carbonyl (C=O) groups is 1. The van der Waals surface area contributed by atoms with Crippen LogP contribution in [0.1, 0.15) is 15.9 Å². The first-order valence-corrected chi connectivity index (χ1v) is 8.28. The highest BCUT2D eigenvalue weighted by molar-refractivity contribution is 9.10. The molecule has 0 N–H and O–H groups in total. The maximum Gasteiger partial charge on any atom is 0.796 e. The first kappa shape index (κ1) is 17.4. The van der Waals surface area contributed by atoms with E-state index in [-0.39, 0.29) is 5.76 Å². The molecule has 3 aromatic rings. The third-order valence-electron chi connectivity index (χ3n) is 3.62. The molecule has 6 heteroatoms. The summed E-state index contributed by atoms with van der Waals surface area (Å²) in [6, 6.07) is 19.3. The van der Waals surface area contributed by atoms with E-state index in [1.807, 2.05) is 18.2 Å². The summed E-state index contributed by atoms with van der Waals surface area (Å²) in [4.78, 5) is 12.3. The van der Waals surface area contributed by atoms with Gasteiger partial charge in [0.1, 0.15) is 5.76 Å². The van der Waals surface area contributed by atoms with Gasteiger partial charge in [-0.3, -0.25) is 4.79 Å². The second-order valence-corrected chi connectivity index (χ2v) is 6.24. The monoisotopic (exact) mass is 400 g/mol. The fraction of sp³-hybridized carbons (Fsp3) is 0. The van der Waals surface area contributed by atoms with Crippen LogP contribution in [0.2, 0.25) is 0 Å². The van der Waals surface area contributed by atoms with Gasteiger partial charge in [-0.1, -0.05) is 64.5 Å². The Labute approximate surface area is 152 Å². The highest BCUT2D eigenvalue weighted by atomic mass is 79.9. The molecule has 0 aliphatic heterocycles. The molecule has 0 aromatic heterocycles. The number of ketones is 1. The van der Waals surface area contributed by atoms with E-state index >= 15 is 0 Å². The lowest BCUT2D eigenvalue weighted by molar-refractivity contribution is 0.104. The molecule has 124 valence electrons. The number of halogens is 3. The van der Waals surface area contributed by atoms with E-state index in [1.165, 1.54) is 0 Å². The second kappa shape index (κ2) is 7.61. The molecule has 0 saturated carbocycles. The van der Waals surface area contributed by atoms with Crippen molar-refractivity contribution in [1.29, 1.82) is 0 Å². The predicted molar refractivity (Wildman–Crippen MR) is 99.5 cm³/mol. The van der Waals surface area contributed by atoms with E-state index in [9.17, 15) is 13.4 Å². The van der Waals surface area contributed by atoms with Gasteiger partial charge in [0.25, 0.3) is 0 Å². The second-order valence-electron chi connectivity index (χ2n) is 5.32. The maximum atomic E-state index is 12.8. The van der Waals surface area contributed by atoms with Crippen molar-refractivity contribution in [3.05, 3.63) is 88.4 Å². The van der Waals surface area contributed by atoms with Crippen molar-refractivity contribution in [2.24, 2.45) is 0 Å². The zero-order chi connectivity index (χ0) is 17.8. The molecular formula is C19H12BBrF2O2. The Morgan fingerprint density at radius 1 is 0.920 bits per heavy atom. The van der Waals surface area contributed by atoms with E-state index in [0.717, 1.165) is 21.3 Å². The van der Waals surface area contributed by atoms with Crippen molar-refractivity contribution >= 4 is 45.7 Å². The highest BCUT2D eigenvalue weighted by Gasteiger charge is 2.21. The summed E-state index contributed by atoms with van der Waals surface area (Å²) in [5.74, 6) is -0.555. The van der Waals surface area contributed by atoms with Crippen molar-refractivity contribution in [1.82, 2.24) is 0 Å². The van der Waals surface area contributed by atoms with Crippen molar-refractivity contribution in [3.63, 3.8) is 0 Å². The molecule has 0 heterocycles. The van der Waals surface area contributed by atoms with Gasteiger partial charge in [0.2, 0.25) is 0 Å². The zero-order valence-corrected chi connectivity index (χ0v) is 14.5. The molecule has 0 atom stereocenters. The zero-order valence-electron chi connectivity index (χ0n) is 13.0. The summed E-state index contributed by atoms with van der Waals surface area (Å²) in [5.41, 5.74) is 0.821. The molecule has 0 amide bonds. The van der Waals surface area contributed by atoms with Crippen molar-refractivity contribution < 1.29 is 18.1 Å². The van der Waals surface area contributed by atoms with Gasteiger partial charge in [0.05, 0.1) is 0 Å². The van der Waals surface area contributed by atoms with Gasteiger partial charge >= 0.3 is 7.47 Å². The molecule has 3 aromatic carbocycles. The Bertz CT molecular complexity index is 943. The fourth-order valence-corrected chi connectivity index (χ4v) is 2.83. The fourth-order valence-electron chi connectivity index (χ4n) is 2.46. The molecular weight excluding hydrogens is 389 g/mol. The number of rotatable bonds is 5. The highest BCUT2D eigenvalue weighted by Crippen LogP contribution is 2.26. The minimum absolute atomic E-state index is 0.159. The molecule has 0 fully saturated rings. The quantitative estimate of drug-likeness (QED) is 0.235. The van der Waals surface area contributed by atoms with Crippen molar-refractivity contribution in [2.75, 3.05) is 0 Å². The third-order valence-corrected chi connectivity index (χ3v) is 4.12. The lowest BCUT2D eigenvalue weighted by Crippen LogP contribution is -2.06. The van der Waals surface area contributed by atoms with Gasteiger partial charge in [-0.05, 0) is 29.0 Å². The number of fused-ring (bicyclic) bond motifs is 1. The largest absolute Gasteiger partial charge is 0.796 e. The van der Waals surface area contributed by atoms with Crippen molar-refractivity contribution in [3.8, 4) is 0 Å². The first-order valence-electron chi connectivity index (χ1n) is 7.48. The van der Waals surface area contributed by atoms with Crippen LogP contribution < -0.4 is 0 Å². The lowest BCUT2D eigenvalue weighted by atomic mass is 10.0. The average Bonchev–Trinajstić information content (AvgIpc) is 2.61. The Morgan fingerprint density at radius 2 is 1.60 bits per heavy atom. The molecule has 0 saturated heterocycles. The SMILES string of the molecule is O=C(/C=C(\OB(F)F)c1ccc2cc(Br)ccc2c1)c1ccccc1. The van der Waals surface area contributed by atoms with Crippen LogP contribution in [0.15, 0.2) is 77.3 Å². The van der Waals surface area contributed by atoms with Crippen LogP contribution in [-0.4, -0.2) is 13.3 Å². The van der Waals surface area contributed by atoms with E-state index in [1.54, 1.807) is 48.5 Å². The summed E-state index contributed by atoms with van der Waals surface area (Å²) < 4.78 is 31.1. The predicted octanol–water partition coefficient (Wildman–Crippen LogP) is 5.77. The third kappa shape index (κ3) is 4.34. The molecule has 0 spiro atoms. The first-order chi connectivity index (χ1) is 12.0. The molecule has 0 aliphatic rings. The maximum absolute atomic E-state index is 12.8. The lowest BCUT2D eigenvalue weighted by Gasteiger charge is -2.10. The van der Waals surface area contributed by atoms with Crippen LogP contribution in [0, 0.1) is 0 Å². The molecule has 2 nitrogen and oxygen atoms in total. The van der Waals surface area contributed by atoms with Crippen LogP contribution >= 0.6 is 15.9 Å². The molecule has 3 rings (SSSR count). The van der Waals surface area contributed by atoms with Gasteiger partial charge in [-0.2, -0.15) is 0 Å². The Kier molecular flexibility index (Phi) is 5.29. The Hall–Kier alpha value is -2.47. The van der Waals surface area contributed by atoms with Crippen LogP contribution in [0.5, 0.6) is 0 Å². The van der Waals surface area contributed by atoms with Crippen LogP contribution in [0.4, 0.5) is 8.63 Å². The average molecular weight is 401 g/mol. The molecule has 0 aliphatic carbocycles. The van der Waals surface area contributed by atoms with E-state index < -0.39 is 13.3 Å². The van der Waals surface area contributed by atoms with Crippen LogP contribution in [0.3, 0.4) is 0 Å². The Morgan fingerprint density at radius 3 is 2.32 bits per heavy atom. The summed E-state index contributed by atoms with van der Waals surface area (Å²) in [6.45, 7) is 0. The van der Waals surface area contributed by atoms with Gasteiger partial charge < -0.3 is 4.65 Å². The smallest absolute Gasteiger partial charge is 0.505 e. The van der Waals surface area contributed by atoms with Gasteiger partial charge in [0, 0.05) is 21.7 Å². The summed E-state index contributed by atoms with van der Waals surface area (Å²) in [6.07, 6.45) is 1.10. The van der Waals surface area contributed by atoms with E-state index in [0.29, 0.717) is 11.1 Å².